The Labute approximate surface area is 191 Å². The molecule has 11 nitrogen and oxygen atoms in total. The first kappa shape index (κ1) is 22.9. The minimum atomic E-state index is -1.08. The predicted octanol–water partition coefficient (Wildman–Crippen LogP) is 1.45. The molecule has 2 aliphatic heterocycles. The van der Waals surface area contributed by atoms with Gasteiger partial charge in [0.2, 0.25) is 5.95 Å². The van der Waals surface area contributed by atoms with E-state index >= 15 is 0 Å². The fourth-order valence-electron chi connectivity index (χ4n) is 3.82. The standard InChI is InChI=1S/C22H28N6O5/c1-2-32-9-3-7-23-19-16-12-33-13-18(16)26-22(27-19)28-8-6-15(11-28)25-20(29)17-5-4-14(10-24-17)21(30)31/h4-5,10,15H,2-3,6-9,11-13H2,1H3,(H,25,29)(H,30,31)(H,23,26,27). The van der Waals surface area contributed by atoms with E-state index in [-0.39, 0.29) is 23.2 Å². The zero-order chi connectivity index (χ0) is 23.2. The number of pyridine rings is 1. The Kier molecular flexibility index (Phi) is 7.30. The summed E-state index contributed by atoms with van der Waals surface area (Å²) in [5, 5.41) is 15.3. The summed E-state index contributed by atoms with van der Waals surface area (Å²) in [4.78, 5) is 38.9. The van der Waals surface area contributed by atoms with Gasteiger partial charge in [-0.2, -0.15) is 4.98 Å². The van der Waals surface area contributed by atoms with Gasteiger partial charge in [0.15, 0.2) is 0 Å². The Morgan fingerprint density at radius 2 is 2.18 bits per heavy atom. The molecule has 0 bridgehead atoms. The van der Waals surface area contributed by atoms with Gasteiger partial charge in [0.05, 0.1) is 24.5 Å². The highest BCUT2D eigenvalue weighted by Gasteiger charge is 2.29. The molecule has 1 unspecified atom stereocenters. The molecule has 0 spiro atoms. The fraction of sp³-hybridized carbons (Fsp3) is 0.500. The molecule has 1 amide bonds. The maximum atomic E-state index is 12.5. The van der Waals surface area contributed by atoms with Crippen molar-refractivity contribution in [3.8, 4) is 0 Å². The summed E-state index contributed by atoms with van der Waals surface area (Å²) in [5.41, 5.74) is 2.11. The van der Waals surface area contributed by atoms with Crippen molar-refractivity contribution in [2.45, 2.75) is 39.0 Å². The molecular weight excluding hydrogens is 428 g/mol. The highest BCUT2D eigenvalue weighted by atomic mass is 16.5. The number of anilines is 2. The van der Waals surface area contributed by atoms with Crippen LogP contribution in [0.4, 0.5) is 11.8 Å². The number of hydrogen-bond donors (Lipinski definition) is 3. The van der Waals surface area contributed by atoms with Gasteiger partial charge < -0.3 is 30.1 Å². The Balaban J connectivity index is 1.37. The molecule has 4 rings (SSSR count). The average Bonchev–Trinajstić information content (AvgIpc) is 3.48. The van der Waals surface area contributed by atoms with E-state index in [1.54, 1.807) is 0 Å². The van der Waals surface area contributed by atoms with Crippen LogP contribution in [0.15, 0.2) is 18.3 Å². The number of nitrogens with zero attached hydrogens (tertiary/aromatic N) is 4. The lowest BCUT2D eigenvalue weighted by Gasteiger charge is -2.19. The van der Waals surface area contributed by atoms with E-state index in [0.29, 0.717) is 45.5 Å². The van der Waals surface area contributed by atoms with E-state index in [4.69, 9.17) is 24.5 Å². The third kappa shape index (κ3) is 5.55. The molecule has 0 radical (unpaired) electrons. The van der Waals surface area contributed by atoms with Crippen LogP contribution in [0, 0.1) is 0 Å². The first-order valence-electron chi connectivity index (χ1n) is 11.1. The summed E-state index contributed by atoms with van der Waals surface area (Å²) < 4.78 is 11.0. The number of hydrogen-bond acceptors (Lipinski definition) is 9. The van der Waals surface area contributed by atoms with Gasteiger partial charge in [-0.1, -0.05) is 0 Å². The summed E-state index contributed by atoms with van der Waals surface area (Å²) >= 11 is 0. The van der Waals surface area contributed by atoms with Crippen molar-refractivity contribution in [3.63, 3.8) is 0 Å². The lowest BCUT2D eigenvalue weighted by atomic mass is 10.2. The summed E-state index contributed by atoms with van der Waals surface area (Å²) in [6.07, 6.45) is 2.80. The van der Waals surface area contributed by atoms with E-state index in [9.17, 15) is 9.59 Å². The summed E-state index contributed by atoms with van der Waals surface area (Å²) in [6.45, 7) is 6.36. The maximum Gasteiger partial charge on any atom is 0.337 e. The average molecular weight is 457 g/mol. The van der Waals surface area contributed by atoms with E-state index in [0.717, 1.165) is 36.5 Å². The van der Waals surface area contributed by atoms with E-state index in [1.165, 1.54) is 18.3 Å². The molecular formula is C22H28N6O5. The molecule has 1 atom stereocenters. The number of aromatic carboxylic acids is 1. The van der Waals surface area contributed by atoms with Gasteiger partial charge in [0.25, 0.3) is 5.91 Å². The van der Waals surface area contributed by atoms with Gasteiger partial charge in [-0.25, -0.2) is 9.78 Å². The Morgan fingerprint density at radius 1 is 1.30 bits per heavy atom. The van der Waals surface area contributed by atoms with Crippen LogP contribution >= 0.6 is 0 Å². The third-order valence-electron chi connectivity index (χ3n) is 5.58. The molecule has 3 N–H and O–H groups in total. The molecule has 0 aliphatic carbocycles. The monoisotopic (exact) mass is 456 g/mol. The van der Waals surface area contributed by atoms with Crippen molar-refractivity contribution in [1.82, 2.24) is 20.3 Å². The number of fused-ring (bicyclic) bond motifs is 1. The zero-order valence-corrected chi connectivity index (χ0v) is 18.5. The Bertz CT molecular complexity index is 1000. The number of rotatable bonds is 10. The van der Waals surface area contributed by atoms with Crippen molar-refractivity contribution >= 4 is 23.6 Å². The summed E-state index contributed by atoms with van der Waals surface area (Å²) in [6, 6.07) is 2.70. The fourth-order valence-corrected chi connectivity index (χ4v) is 3.82. The van der Waals surface area contributed by atoms with Crippen LogP contribution in [0.25, 0.3) is 0 Å². The molecule has 4 heterocycles. The number of amides is 1. The normalized spacial score (nSPS) is 17.1. The molecule has 2 aromatic rings. The topological polar surface area (TPSA) is 139 Å². The molecule has 33 heavy (non-hydrogen) atoms. The number of ether oxygens (including phenoxy) is 2. The van der Waals surface area contributed by atoms with Crippen LogP contribution in [-0.2, 0) is 22.7 Å². The number of carboxylic acids is 1. The first-order valence-corrected chi connectivity index (χ1v) is 11.1. The first-order chi connectivity index (χ1) is 16.0. The van der Waals surface area contributed by atoms with Crippen molar-refractivity contribution in [3.05, 3.63) is 40.8 Å². The lowest BCUT2D eigenvalue weighted by molar-refractivity contribution is 0.0695. The summed E-state index contributed by atoms with van der Waals surface area (Å²) in [5.74, 6) is -0.00560. The largest absolute Gasteiger partial charge is 0.478 e. The molecule has 11 heteroatoms. The van der Waals surface area contributed by atoms with Gasteiger partial charge in [-0.3, -0.25) is 9.78 Å². The Hall–Kier alpha value is -3.31. The smallest absolute Gasteiger partial charge is 0.337 e. The molecule has 2 aliphatic rings. The van der Waals surface area contributed by atoms with Crippen molar-refractivity contribution in [1.29, 1.82) is 0 Å². The summed E-state index contributed by atoms with van der Waals surface area (Å²) in [7, 11) is 0. The van der Waals surface area contributed by atoms with Gasteiger partial charge in [-0.15, -0.1) is 0 Å². The molecule has 1 fully saturated rings. The molecule has 176 valence electrons. The molecule has 1 saturated heterocycles. The minimum absolute atomic E-state index is 0.0404. The highest BCUT2D eigenvalue weighted by molar-refractivity contribution is 5.94. The van der Waals surface area contributed by atoms with E-state index in [2.05, 4.69) is 20.5 Å². The van der Waals surface area contributed by atoms with Crippen molar-refractivity contribution in [2.24, 2.45) is 0 Å². The van der Waals surface area contributed by atoms with Gasteiger partial charge >= 0.3 is 5.97 Å². The zero-order valence-electron chi connectivity index (χ0n) is 18.5. The van der Waals surface area contributed by atoms with E-state index in [1.807, 2.05) is 6.92 Å². The van der Waals surface area contributed by atoms with Crippen molar-refractivity contribution in [2.75, 3.05) is 43.1 Å². The molecule has 0 saturated carbocycles. The van der Waals surface area contributed by atoms with Crippen LogP contribution in [0.3, 0.4) is 0 Å². The van der Waals surface area contributed by atoms with Gasteiger partial charge in [0, 0.05) is 50.7 Å². The third-order valence-corrected chi connectivity index (χ3v) is 5.58. The number of nitrogens with one attached hydrogen (secondary N) is 2. The van der Waals surface area contributed by atoms with Gasteiger partial charge in [-0.05, 0) is 31.9 Å². The van der Waals surface area contributed by atoms with Gasteiger partial charge in [0.1, 0.15) is 11.5 Å². The lowest BCUT2D eigenvalue weighted by Crippen LogP contribution is -2.37. The predicted molar refractivity (Wildman–Crippen MR) is 119 cm³/mol. The number of aromatic nitrogens is 3. The van der Waals surface area contributed by atoms with Crippen LogP contribution < -0.4 is 15.5 Å². The quantitative estimate of drug-likeness (QED) is 0.450. The Morgan fingerprint density at radius 3 is 2.94 bits per heavy atom. The van der Waals surface area contributed by atoms with Crippen LogP contribution in [0.1, 0.15) is 51.9 Å². The van der Waals surface area contributed by atoms with Crippen LogP contribution in [0.5, 0.6) is 0 Å². The molecule has 0 aromatic carbocycles. The second-order valence-electron chi connectivity index (χ2n) is 7.91. The minimum Gasteiger partial charge on any atom is -0.478 e. The second-order valence-corrected chi connectivity index (χ2v) is 7.91. The maximum absolute atomic E-state index is 12.5. The number of carbonyl (C=O) groups is 2. The van der Waals surface area contributed by atoms with Crippen molar-refractivity contribution < 1.29 is 24.2 Å². The van der Waals surface area contributed by atoms with Crippen LogP contribution in [-0.4, -0.2) is 70.8 Å². The highest BCUT2D eigenvalue weighted by Crippen LogP contribution is 2.28. The second kappa shape index (κ2) is 10.5. The van der Waals surface area contributed by atoms with Crippen LogP contribution in [0.2, 0.25) is 0 Å². The number of carboxylic acid groups (broad SMARTS) is 1. The molecule has 2 aromatic heterocycles. The van der Waals surface area contributed by atoms with E-state index < -0.39 is 5.97 Å². The number of carbonyl (C=O) groups excluding carboxylic acids is 1. The SMILES string of the molecule is CCOCCCNc1nc(N2CCC(NC(=O)c3ccc(C(=O)O)cn3)C2)nc2c1COC2.